The van der Waals surface area contributed by atoms with Gasteiger partial charge < -0.3 is 10.6 Å². The van der Waals surface area contributed by atoms with Gasteiger partial charge in [-0.2, -0.15) is 5.10 Å². The van der Waals surface area contributed by atoms with Gasteiger partial charge >= 0.3 is 0 Å². The molecule has 1 aromatic carbocycles. The summed E-state index contributed by atoms with van der Waals surface area (Å²) in [7, 11) is 0. The largest absolute Gasteiger partial charge is 0.343 e. The molecule has 1 aromatic heterocycles. The van der Waals surface area contributed by atoms with Crippen molar-refractivity contribution in [3.05, 3.63) is 53.4 Å². The van der Waals surface area contributed by atoms with Crippen LogP contribution in [0, 0.1) is 17.6 Å². The van der Waals surface area contributed by atoms with Gasteiger partial charge in [0, 0.05) is 24.4 Å². The van der Waals surface area contributed by atoms with Crippen molar-refractivity contribution in [2.75, 3.05) is 13.1 Å². The van der Waals surface area contributed by atoms with Crippen molar-refractivity contribution < 1.29 is 13.6 Å². The third-order valence-electron chi connectivity index (χ3n) is 4.74. The summed E-state index contributed by atoms with van der Waals surface area (Å²) in [5, 5.41) is 10.5. The van der Waals surface area contributed by atoms with Gasteiger partial charge in [0.2, 0.25) is 0 Å². The van der Waals surface area contributed by atoms with Crippen LogP contribution in [0.5, 0.6) is 0 Å². The molecule has 5 nitrogen and oxygen atoms in total. The van der Waals surface area contributed by atoms with E-state index in [1.807, 2.05) is 18.5 Å². The Balaban J connectivity index is 1.75. The van der Waals surface area contributed by atoms with Crippen molar-refractivity contribution >= 4 is 5.91 Å². The van der Waals surface area contributed by atoms with E-state index in [0.717, 1.165) is 32.0 Å². The number of halogens is 2. The van der Waals surface area contributed by atoms with Crippen LogP contribution in [-0.4, -0.2) is 28.8 Å². The molecule has 0 saturated carbocycles. The molecule has 1 aliphatic heterocycles. The molecule has 140 valence electrons. The highest BCUT2D eigenvalue weighted by atomic mass is 19.1. The lowest BCUT2D eigenvalue weighted by Gasteiger charge is -2.24. The Bertz CT molecular complexity index is 769. The molecule has 26 heavy (non-hydrogen) atoms. The van der Waals surface area contributed by atoms with Gasteiger partial charge in [0.1, 0.15) is 17.3 Å². The van der Waals surface area contributed by atoms with Crippen LogP contribution < -0.4 is 10.6 Å². The number of piperidine rings is 1. The number of benzene rings is 1. The maximum Gasteiger partial charge on any atom is 0.272 e. The summed E-state index contributed by atoms with van der Waals surface area (Å²) in [5.74, 6) is -1.73. The monoisotopic (exact) mass is 362 g/mol. The molecule has 7 heteroatoms. The third kappa shape index (κ3) is 4.09. The summed E-state index contributed by atoms with van der Waals surface area (Å²) in [6.07, 6.45) is 3.89. The first-order valence-electron chi connectivity index (χ1n) is 8.97. The highest BCUT2D eigenvalue weighted by Gasteiger charge is 2.24. The standard InChI is InChI=1S/C19H24F2N4O/c1-12(2)18(15-6-5-13(20)10-16(15)21)23-19(26)17-7-9-25(24-17)14-4-3-8-22-11-14/h5-7,9-10,12,14,18,22H,3-4,8,11H2,1-2H3,(H,23,26). The smallest absolute Gasteiger partial charge is 0.272 e. The van der Waals surface area contributed by atoms with Crippen LogP contribution in [0.4, 0.5) is 8.78 Å². The number of hydrogen-bond donors (Lipinski definition) is 2. The molecule has 1 amide bonds. The minimum atomic E-state index is -0.664. The molecule has 3 rings (SSSR count). The third-order valence-corrected chi connectivity index (χ3v) is 4.74. The summed E-state index contributed by atoms with van der Waals surface area (Å²) in [6.45, 7) is 5.59. The van der Waals surface area contributed by atoms with Gasteiger partial charge in [-0.15, -0.1) is 0 Å². The number of amides is 1. The van der Waals surface area contributed by atoms with Crippen LogP contribution in [0.15, 0.2) is 30.5 Å². The quantitative estimate of drug-likeness (QED) is 0.859. The molecule has 2 unspecified atom stereocenters. The van der Waals surface area contributed by atoms with Gasteiger partial charge in [-0.3, -0.25) is 9.48 Å². The van der Waals surface area contributed by atoms with Gasteiger partial charge in [0.15, 0.2) is 0 Å². The number of hydrogen-bond acceptors (Lipinski definition) is 3. The van der Waals surface area contributed by atoms with E-state index in [1.54, 1.807) is 12.3 Å². The minimum absolute atomic E-state index is 0.0662. The lowest BCUT2D eigenvalue weighted by atomic mass is 9.95. The lowest BCUT2D eigenvalue weighted by molar-refractivity contribution is 0.0918. The zero-order chi connectivity index (χ0) is 18.7. The van der Waals surface area contributed by atoms with E-state index in [0.29, 0.717) is 5.69 Å². The molecule has 2 N–H and O–H groups in total. The predicted octanol–water partition coefficient (Wildman–Crippen LogP) is 3.21. The van der Waals surface area contributed by atoms with Gasteiger partial charge in [-0.25, -0.2) is 8.78 Å². The van der Waals surface area contributed by atoms with E-state index in [2.05, 4.69) is 15.7 Å². The lowest BCUT2D eigenvalue weighted by Crippen LogP contribution is -2.34. The molecule has 1 aliphatic rings. The number of carbonyl (C=O) groups excluding carboxylic acids is 1. The molecule has 0 spiro atoms. The van der Waals surface area contributed by atoms with Crippen molar-refractivity contribution in [2.24, 2.45) is 5.92 Å². The van der Waals surface area contributed by atoms with E-state index in [1.165, 1.54) is 12.1 Å². The zero-order valence-electron chi connectivity index (χ0n) is 15.0. The summed E-state index contributed by atoms with van der Waals surface area (Å²) < 4.78 is 29.1. The fourth-order valence-corrected chi connectivity index (χ4v) is 3.29. The highest BCUT2D eigenvalue weighted by molar-refractivity contribution is 5.92. The molecule has 2 aromatic rings. The molecule has 2 atom stereocenters. The maximum absolute atomic E-state index is 14.1. The topological polar surface area (TPSA) is 59.0 Å². The summed E-state index contributed by atoms with van der Waals surface area (Å²) >= 11 is 0. The Kier molecular flexibility index (Phi) is 5.66. The summed E-state index contributed by atoms with van der Waals surface area (Å²) in [6, 6.07) is 4.75. The second-order valence-electron chi connectivity index (χ2n) is 7.04. The molecule has 0 aliphatic carbocycles. The Labute approximate surface area is 151 Å². The summed E-state index contributed by atoms with van der Waals surface area (Å²) in [5.41, 5.74) is 0.564. The second kappa shape index (κ2) is 7.95. The number of rotatable bonds is 5. The first-order valence-corrected chi connectivity index (χ1v) is 8.97. The van der Waals surface area contributed by atoms with Gasteiger partial charge in [-0.1, -0.05) is 19.9 Å². The number of nitrogens with zero attached hydrogens (tertiary/aromatic N) is 2. The molecule has 0 radical (unpaired) electrons. The van der Waals surface area contributed by atoms with Gasteiger partial charge in [0.25, 0.3) is 5.91 Å². The van der Waals surface area contributed by atoms with Gasteiger partial charge in [-0.05, 0) is 37.4 Å². The van der Waals surface area contributed by atoms with E-state index < -0.39 is 17.7 Å². The van der Waals surface area contributed by atoms with Crippen LogP contribution >= 0.6 is 0 Å². The van der Waals surface area contributed by atoms with E-state index in [9.17, 15) is 13.6 Å². The first kappa shape index (κ1) is 18.5. The Hall–Kier alpha value is -2.28. The van der Waals surface area contributed by atoms with Crippen molar-refractivity contribution in [3.63, 3.8) is 0 Å². The van der Waals surface area contributed by atoms with Crippen molar-refractivity contribution in [2.45, 2.75) is 38.8 Å². The first-order chi connectivity index (χ1) is 12.5. The fourth-order valence-electron chi connectivity index (χ4n) is 3.29. The Morgan fingerprint density at radius 1 is 1.35 bits per heavy atom. The van der Waals surface area contributed by atoms with Crippen molar-refractivity contribution in [1.29, 1.82) is 0 Å². The van der Waals surface area contributed by atoms with E-state index in [4.69, 9.17) is 0 Å². The second-order valence-corrected chi connectivity index (χ2v) is 7.04. The molecule has 1 fully saturated rings. The molecular weight excluding hydrogens is 338 g/mol. The predicted molar refractivity (Wildman–Crippen MR) is 94.8 cm³/mol. The van der Waals surface area contributed by atoms with E-state index in [-0.39, 0.29) is 23.4 Å². The molecule has 1 saturated heterocycles. The van der Waals surface area contributed by atoms with Crippen molar-refractivity contribution in [1.82, 2.24) is 20.4 Å². The molecule has 2 heterocycles. The number of nitrogens with one attached hydrogen (secondary N) is 2. The number of aromatic nitrogens is 2. The van der Waals surface area contributed by atoms with Crippen LogP contribution in [0.1, 0.15) is 54.8 Å². The SMILES string of the molecule is CC(C)C(NC(=O)c1ccn(C2CCCNC2)n1)c1ccc(F)cc1F. The average Bonchev–Trinajstić information content (AvgIpc) is 3.11. The average molecular weight is 362 g/mol. The molecule has 0 bridgehead atoms. The maximum atomic E-state index is 14.1. The number of carbonyl (C=O) groups is 1. The van der Waals surface area contributed by atoms with Gasteiger partial charge in [0.05, 0.1) is 12.1 Å². The van der Waals surface area contributed by atoms with Crippen molar-refractivity contribution in [3.8, 4) is 0 Å². The van der Waals surface area contributed by atoms with Crippen LogP contribution in [-0.2, 0) is 0 Å². The van der Waals surface area contributed by atoms with Crippen LogP contribution in [0.3, 0.4) is 0 Å². The van der Waals surface area contributed by atoms with Crippen LogP contribution in [0.25, 0.3) is 0 Å². The Morgan fingerprint density at radius 3 is 2.81 bits per heavy atom. The Morgan fingerprint density at radius 2 is 2.15 bits per heavy atom. The molecular formula is C19H24F2N4O. The zero-order valence-corrected chi connectivity index (χ0v) is 15.0. The van der Waals surface area contributed by atoms with E-state index >= 15 is 0 Å². The normalized spacial score (nSPS) is 18.7. The summed E-state index contributed by atoms with van der Waals surface area (Å²) in [4.78, 5) is 12.6. The van der Waals surface area contributed by atoms with Crippen LogP contribution in [0.2, 0.25) is 0 Å². The fraction of sp³-hybridized carbons (Fsp3) is 0.474. The highest BCUT2D eigenvalue weighted by Crippen LogP contribution is 2.25. The minimum Gasteiger partial charge on any atom is -0.343 e.